The van der Waals surface area contributed by atoms with Crippen LogP contribution in [0.2, 0.25) is 0 Å². The Balaban J connectivity index is 3.05. The maximum absolute atomic E-state index is 6.79. The van der Waals surface area contributed by atoms with Gasteiger partial charge in [0.15, 0.2) is 0 Å². The van der Waals surface area contributed by atoms with Gasteiger partial charge in [-0.05, 0) is 6.08 Å². The van der Waals surface area contributed by atoms with E-state index < -0.39 is 6.92 Å². The summed E-state index contributed by atoms with van der Waals surface area (Å²) in [5, 5.41) is 6.79. The number of nitrogens with one attached hydrogen (secondary N) is 1. The normalized spacial score (nSPS) is 10.5. The van der Waals surface area contributed by atoms with Crippen molar-refractivity contribution in [3.8, 4) is 0 Å². The topological polar surface area (TPSA) is 23.9 Å². The van der Waals surface area contributed by atoms with Crippen LogP contribution in [0.25, 0.3) is 0 Å². The molecule has 0 saturated carbocycles. The first-order valence-corrected chi connectivity index (χ1v) is 4.08. The Hall–Kier alpha value is 0.190. The van der Waals surface area contributed by atoms with Gasteiger partial charge in [-0.2, -0.15) is 0 Å². The van der Waals surface area contributed by atoms with Crippen LogP contribution in [-0.4, -0.2) is 6.16 Å². The molecule has 0 fully saturated rings. The second-order valence-electron chi connectivity index (χ2n) is 0.850. The highest BCUT2D eigenvalue weighted by Gasteiger charge is 1.77. The van der Waals surface area contributed by atoms with Gasteiger partial charge in [0.25, 0.3) is 0 Å². The molecule has 0 aliphatic rings. The van der Waals surface area contributed by atoms with E-state index in [1.165, 1.54) is 0 Å². The number of allylic oxidation sites excluding steroid dienone is 1. The third-order valence-electron chi connectivity index (χ3n) is 0.295. The van der Waals surface area contributed by atoms with Gasteiger partial charge in [0.2, 0.25) is 0 Å². The lowest BCUT2D eigenvalue weighted by Crippen LogP contribution is -1.57. The molecule has 0 radical (unpaired) electrons. The molecule has 34 valence electrons. The van der Waals surface area contributed by atoms with Crippen molar-refractivity contribution < 1.29 is 0 Å². The van der Waals surface area contributed by atoms with Gasteiger partial charge in [-0.15, -0.1) is 5.16 Å². The first-order chi connectivity index (χ1) is 2.77. The summed E-state index contributed by atoms with van der Waals surface area (Å²) in [5.41, 5.74) is 0. The zero-order valence-corrected chi connectivity index (χ0v) is 5.06. The molecule has 0 spiro atoms. The molecule has 0 aliphatic heterocycles. The van der Waals surface area contributed by atoms with Crippen molar-refractivity contribution in [1.82, 2.24) is 0 Å². The lowest BCUT2D eigenvalue weighted by atomic mass is 10.8. The molecular weight excluding hydrogens is 113 g/mol. The fraction of sp³-hybridized carbons (Fsp3) is 0.333. The van der Waals surface area contributed by atoms with E-state index in [2.05, 4.69) is 18.8 Å². The molecule has 0 bridgehead atoms. The van der Waals surface area contributed by atoms with Gasteiger partial charge in [0.05, 0.1) is 6.92 Å². The Morgan fingerprint density at radius 3 is 2.50 bits per heavy atom. The van der Waals surface area contributed by atoms with Gasteiger partial charge in [0.1, 0.15) is 6.16 Å². The van der Waals surface area contributed by atoms with Crippen molar-refractivity contribution in [2.24, 2.45) is 0 Å². The predicted molar refractivity (Wildman–Crippen MR) is 32.1 cm³/mol. The maximum atomic E-state index is 6.79. The molecule has 1 N–H and O–H groups in total. The first kappa shape index (κ1) is 6.19. The zero-order chi connectivity index (χ0) is 4.99. The van der Waals surface area contributed by atoms with Crippen molar-refractivity contribution in [3.05, 3.63) is 12.7 Å². The van der Waals surface area contributed by atoms with Crippen LogP contribution in [0.4, 0.5) is 0 Å². The fourth-order valence-electron chi connectivity index (χ4n) is 0.117. The summed E-state index contributed by atoms with van der Waals surface area (Å²) in [6.45, 7) is 2.55. The predicted octanol–water partition coefficient (Wildman–Crippen LogP) is 1.88. The van der Waals surface area contributed by atoms with Crippen LogP contribution in [0.15, 0.2) is 12.7 Å². The van der Waals surface area contributed by atoms with Crippen molar-refractivity contribution in [2.45, 2.75) is 0 Å². The van der Waals surface area contributed by atoms with E-state index in [4.69, 9.17) is 5.16 Å². The summed E-state index contributed by atoms with van der Waals surface area (Å²) in [5.74, 6) is 0. The standard InChI is InChI=1S/C3H6NPS/c1-2-3-5(4)6/h2,4H,1,3H2. The van der Waals surface area contributed by atoms with Crippen molar-refractivity contribution >= 4 is 19.2 Å². The van der Waals surface area contributed by atoms with Gasteiger partial charge in [0, 0.05) is 0 Å². The molecule has 6 heavy (non-hydrogen) atoms. The number of hydrogen-bond acceptors (Lipinski definition) is 2. The molecule has 0 aromatic carbocycles. The van der Waals surface area contributed by atoms with E-state index in [1.807, 2.05) is 0 Å². The Bertz CT molecular complexity index is 71.2. The van der Waals surface area contributed by atoms with Crippen LogP contribution in [0.5, 0.6) is 0 Å². The molecule has 0 aromatic heterocycles. The van der Waals surface area contributed by atoms with Crippen LogP contribution in [0.1, 0.15) is 0 Å². The smallest absolute Gasteiger partial charge is 0.123 e. The monoisotopic (exact) mass is 119 g/mol. The van der Waals surface area contributed by atoms with Crippen molar-refractivity contribution in [1.29, 1.82) is 5.16 Å². The third-order valence-corrected chi connectivity index (χ3v) is 1.33. The second-order valence-corrected chi connectivity index (χ2v) is 3.29. The average Bonchev–Trinajstić information content (AvgIpc) is 1.35. The Kier molecular flexibility index (Phi) is 3.49. The minimum Gasteiger partial charge on any atom is -0.468 e. The quantitative estimate of drug-likeness (QED) is 0.335. The van der Waals surface area contributed by atoms with Crippen LogP contribution in [0.3, 0.4) is 0 Å². The summed E-state index contributed by atoms with van der Waals surface area (Å²) in [7, 11) is 0. The van der Waals surface area contributed by atoms with Crippen molar-refractivity contribution in [3.63, 3.8) is 0 Å². The Morgan fingerprint density at radius 1 is 2.00 bits per heavy atom. The first-order valence-electron chi connectivity index (χ1n) is 1.54. The minimum absolute atomic E-state index is 0.685. The van der Waals surface area contributed by atoms with Crippen LogP contribution in [0, 0.1) is 5.16 Å². The lowest BCUT2D eigenvalue weighted by Gasteiger charge is -1.80. The molecule has 1 atom stereocenters. The molecule has 0 amide bonds. The third kappa shape index (κ3) is 4.19. The van der Waals surface area contributed by atoms with Gasteiger partial charge in [-0.1, -0.05) is 6.58 Å². The summed E-state index contributed by atoms with van der Waals surface area (Å²) in [6.07, 6.45) is 2.37. The van der Waals surface area contributed by atoms with Gasteiger partial charge >= 0.3 is 0 Å². The van der Waals surface area contributed by atoms with Gasteiger partial charge in [-0.3, -0.25) is 0 Å². The largest absolute Gasteiger partial charge is 0.468 e. The second kappa shape index (κ2) is 3.38. The van der Waals surface area contributed by atoms with E-state index in [0.29, 0.717) is 6.16 Å². The molecule has 0 rings (SSSR count). The molecule has 0 heterocycles. The summed E-state index contributed by atoms with van der Waals surface area (Å²) >= 11 is 4.54. The number of rotatable bonds is 2. The molecular formula is C3H6NPS. The summed E-state index contributed by atoms with van der Waals surface area (Å²) < 4.78 is 0. The van der Waals surface area contributed by atoms with E-state index in [-0.39, 0.29) is 0 Å². The van der Waals surface area contributed by atoms with Gasteiger partial charge in [-0.25, -0.2) is 0 Å². The average molecular weight is 119 g/mol. The summed E-state index contributed by atoms with van der Waals surface area (Å²) in [6, 6.07) is 0. The van der Waals surface area contributed by atoms with E-state index in [0.717, 1.165) is 0 Å². The minimum atomic E-state index is -0.885. The molecule has 0 saturated heterocycles. The lowest BCUT2D eigenvalue weighted by molar-refractivity contribution is 1.61. The van der Waals surface area contributed by atoms with Crippen LogP contribution in [-0.2, 0) is 12.2 Å². The van der Waals surface area contributed by atoms with Crippen molar-refractivity contribution in [2.75, 3.05) is 6.16 Å². The molecule has 1 unspecified atom stereocenters. The fourth-order valence-corrected chi connectivity index (χ4v) is 0.668. The van der Waals surface area contributed by atoms with E-state index >= 15 is 0 Å². The van der Waals surface area contributed by atoms with Crippen LogP contribution < -0.4 is 0 Å². The number of hydrogen-bond donors (Lipinski definition) is 1. The van der Waals surface area contributed by atoms with E-state index in [9.17, 15) is 0 Å². The summed E-state index contributed by atoms with van der Waals surface area (Å²) in [4.78, 5) is 0. The van der Waals surface area contributed by atoms with E-state index in [1.54, 1.807) is 6.08 Å². The molecule has 0 aliphatic carbocycles. The maximum Gasteiger partial charge on any atom is 0.123 e. The molecule has 0 aromatic rings. The highest BCUT2D eigenvalue weighted by molar-refractivity contribution is 8.28. The molecule has 1 nitrogen and oxygen atoms in total. The zero-order valence-electron chi connectivity index (χ0n) is 3.35. The highest BCUT2D eigenvalue weighted by atomic mass is 32.7. The Labute approximate surface area is 43.9 Å². The van der Waals surface area contributed by atoms with Gasteiger partial charge < -0.3 is 12.2 Å². The molecule has 3 heteroatoms. The van der Waals surface area contributed by atoms with Crippen LogP contribution >= 0.6 is 6.92 Å². The highest BCUT2D eigenvalue weighted by Crippen LogP contribution is 2.14. The SMILES string of the molecule is C=CC[P+](=N)[S-]. The Morgan fingerprint density at radius 2 is 2.50 bits per heavy atom.